The summed E-state index contributed by atoms with van der Waals surface area (Å²) in [6.07, 6.45) is 0. The average molecular weight is 509 g/mol. The van der Waals surface area contributed by atoms with Crippen molar-refractivity contribution in [1.29, 1.82) is 0 Å². The highest BCUT2D eigenvalue weighted by Crippen LogP contribution is 2.38. The Hall–Kier alpha value is -5.24. The lowest BCUT2D eigenvalue weighted by atomic mass is 10.0. The summed E-state index contributed by atoms with van der Waals surface area (Å²) in [6.45, 7) is 0. The topological polar surface area (TPSA) is 117 Å². The number of benzene rings is 5. The molecule has 8 nitrogen and oxygen atoms in total. The van der Waals surface area contributed by atoms with E-state index in [0.717, 1.165) is 21.5 Å². The number of phenols is 2. The van der Waals surface area contributed by atoms with Crippen LogP contribution in [0.1, 0.15) is 20.7 Å². The third-order valence-corrected chi connectivity index (χ3v) is 6.24. The van der Waals surface area contributed by atoms with Gasteiger partial charge in [-0.25, -0.2) is 0 Å². The Kier molecular flexibility index (Phi) is 6.45. The number of fused-ring (bicyclic) bond motifs is 2. The second-order valence-corrected chi connectivity index (χ2v) is 8.59. The number of hydrogen-bond donors (Lipinski definition) is 4. The lowest BCUT2D eigenvalue weighted by molar-refractivity contribution is 0.101. The summed E-state index contributed by atoms with van der Waals surface area (Å²) in [5, 5.41) is 29.6. The van der Waals surface area contributed by atoms with Crippen LogP contribution < -0.4 is 20.1 Å². The summed E-state index contributed by atoms with van der Waals surface area (Å²) in [5.74, 6) is -0.926. The number of ether oxygens (including phenoxy) is 2. The molecule has 0 saturated carbocycles. The number of methoxy groups -OCH3 is 2. The molecule has 0 spiro atoms. The Labute approximate surface area is 218 Å². The molecule has 0 bridgehead atoms. The van der Waals surface area contributed by atoms with Crippen LogP contribution in [0.3, 0.4) is 0 Å². The highest BCUT2D eigenvalue weighted by Gasteiger charge is 2.20. The van der Waals surface area contributed by atoms with Crippen LogP contribution in [-0.4, -0.2) is 36.2 Å². The van der Waals surface area contributed by atoms with Gasteiger partial charge in [-0.15, -0.1) is 0 Å². The summed E-state index contributed by atoms with van der Waals surface area (Å²) in [7, 11) is 2.84. The molecule has 0 fully saturated rings. The van der Waals surface area contributed by atoms with Crippen LogP contribution in [0.2, 0.25) is 0 Å². The molecule has 0 aliphatic carbocycles. The molecule has 0 aromatic heterocycles. The maximum absolute atomic E-state index is 13.1. The molecule has 0 heterocycles. The zero-order valence-electron chi connectivity index (χ0n) is 20.6. The Morgan fingerprint density at radius 2 is 0.921 bits per heavy atom. The molecule has 0 atom stereocenters. The van der Waals surface area contributed by atoms with Crippen LogP contribution in [0.4, 0.5) is 11.4 Å². The van der Waals surface area contributed by atoms with E-state index in [9.17, 15) is 19.8 Å². The van der Waals surface area contributed by atoms with Crippen LogP contribution in [0, 0.1) is 0 Å². The molecule has 5 rings (SSSR count). The third kappa shape index (κ3) is 4.62. The summed E-state index contributed by atoms with van der Waals surface area (Å²) in [4.78, 5) is 26.1. The summed E-state index contributed by atoms with van der Waals surface area (Å²) in [5.41, 5.74) is 0.727. The minimum Gasteiger partial charge on any atom is -0.507 e. The van der Waals surface area contributed by atoms with Gasteiger partial charge in [0.1, 0.15) is 23.0 Å². The van der Waals surface area contributed by atoms with Gasteiger partial charge in [0.2, 0.25) is 0 Å². The van der Waals surface area contributed by atoms with Gasteiger partial charge in [-0.1, -0.05) is 48.5 Å². The maximum atomic E-state index is 13.1. The van der Waals surface area contributed by atoms with E-state index in [1.807, 2.05) is 48.5 Å². The summed E-state index contributed by atoms with van der Waals surface area (Å²) >= 11 is 0. The number of nitrogens with one attached hydrogen (secondary N) is 2. The molecular formula is C30H24N2O6. The molecule has 0 saturated heterocycles. The van der Waals surface area contributed by atoms with Crippen molar-refractivity contribution in [1.82, 2.24) is 0 Å². The highest BCUT2D eigenvalue weighted by molar-refractivity contribution is 6.11. The fourth-order valence-electron chi connectivity index (χ4n) is 4.29. The Balaban J connectivity index is 1.44. The van der Waals surface area contributed by atoms with Gasteiger partial charge in [0, 0.05) is 12.1 Å². The van der Waals surface area contributed by atoms with Gasteiger partial charge in [0.15, 0.2) is 0 Å². The molecule has 8 heteroatoms. The number of rotatable bonds is 6. The van der Waals surface area contributed by atoms with Crippen LogP contribution in [-0.2, 0) is 0 Å². The molecule has 38 heavy (non-hydrogen) atoms. The van der Waals surface area contributed by atoms with Crippen molar-refractivity contribution in [2.75, 3.05) is 24.9 Å². The van der Waals surface area contributed by atoms with Crippen molar-refractivity contribution in [3.8, 4) is 23.0 Å². The number of carbonyl (C=O) groups excluding carboxylic acids is 2. The van der Waals surface area contributed by atoms with E-state index >= 15 is 0 Å². The predicted octanol–water partition coefficient (Wildman–Crippen LogP) is 5.93. The van der Waals surface area contributed by atoms with E-state index in [4.69, 9.17) is 9.47 Å². The van der Waals surface area contributed by atoms with Crippen LogP contribution in [0.15, 0.2) is 84.9 Å². The lowest BCUT2D eigenvalue weighted by Crippen LogP contribution is -2.15. The van der Waals surface area contributed by atoms with E-state index < -0.39 is 11.8 Å². The van der Waals surface area contributed by atoms with Crippen molar-refractivity contribution in [2.24, 2.45) is 0 Å². The van der Waals surface area contributed by atoms with Gasteiger partial charge in [0.05, 0.1) is 36.7 Å². The van der Waals surface area contributed by atoms with E-state index in [2.05, 4.69) is 10.6 Å². The molecule has 2 amide bonds. The number of carbonyl (C=O) groups is 2. The number of anilines is 2. The highest BCUT2D eigenvalue weighted by atomic mass is 16.5. The molecule has 4 N–H and O–H groups in total. The third-order valence-electron chi connectivity index (χ3n) is 6.24. The fraction of sp³-hybridized carbons (Fsp3) is 0.0667. The Morgan fingerprint density at radius 3 is 1.26 bits per heavy atom. The first kappa shape index (κ1) is 24.5. The van der Waals surface area contributed by atoms with E-state index in [1.54, 1.807) is 12.1 Å². The first-order chi connectivity index (χ1) is 18.4. The largest absolute Gasteiger partial charge is 0.507 e. The fourth-order valence-corrected chi connectivity index (χ4v) is 4.29. The first-order valence-corrected chi connectivity index (χ1v) is 11.7. The second kappa shape index (κ2) is 10.0. The van der Waals surface area contributed by atoms with Gasteiger partial charge in [-0.05, 0) is 45.8 Å². The minimum atomic E-state index is -0.550. The Morgan fingerprint density at radius 1 is 0.579 bits per heavy atom. The molecule has 5 aromatic rings. The predicted molar refractivity (Wildman–Crippen MR) is 147 cm³/mol. The lowest BCUT2D eigenvalue weighted by Gasteiger charge is -2.17. The molecule has 0 unspecified atom stereocenters. The number of hydrogen-bond acceptors (Lipinski definition) is 6. The van der Waals surface area contributed by atoms with Crippen LogP contribution in [0.5, 0.6) is 23.0 Å². The quantitative estimate of drug-likeness (QED) is 0.226. The van der Waals surface area contributed by atoms with Gasteiger partial charge in [-0.2, -0.15) is 0 Å². The molecular weight excluding hydrogens is 484 g/mol. The van der Waals surface area contributed by atoms with Crippen molar-refractivity contribution < 1.29 is 29.3 Å². The van der Waals surface area contributed by atoms with Crippen molar-refractivity contribution >= 4 is 44.7 Å². The van der Waals surface area contributed by atoms with Crippen molar-refractivity contribution in [3.05, 3.63) is 96.1 Å². The SMILES string of the molecule is COc1cc(NC(=O)c2cc3ccccc3cc2O)c(OC)cc1NC(=O)c1cc2ccccc2cc1O. The summed E-state index contributed by atoms with van der Waals surface area (Å²) < 4.78 is 10.9. The van der Waals surface area contributed by atoms with Gasteiger partial charge >= 0.3 is 0 Å². The van der Waals surface area contributed by atoms with Gasteiger partial charge in [-0.3, -0.25) is 9.59 Å². The molecule has 0 aliphatic rings. The minimum absolute atomic E-state index is 0.0916. The molecule has 190 valence electrons. The monoisotopic (exact) mass is 508 g/mol. The summed E-state index contributed by atoms with van der Waals surface area (Å²) in [6, 6.07) is 24.0. The van der Waals surface area contributed by atoms with Gasteiger partial charge < -0.3 is 30.3 Å². The standard InChI is InChI=1S/C30H24N2O6/c1-37-27-15-24(32-30(36)22-12-18-8-4-6-10-20(18)14-26(22)34)28(38-2)16-23(27)31-29(35)21-11-17-7-3-5-9-19(17)13-25(21)33/h3-16,33-34H,1-2H3,(H,31,35)(H,32,36). The zero-order valence-corrected chi connectivity index (χ0v) is 20.6. The number of phenolic OH excluding ortho intramolecular Hbond substituents is 2. The van der Waals surface area contributed by atoms with Crippen LogP contribution >= 0.6 is 0 Å². The number of amides is 2. The van der Waals surface area contributed by atoms with E-state index in [0.29, 0.717) is 0 Å². The Bertz CT molecular complexity index is 1590. The van der Waals surface area contributed by atoms with Crippen molar-refractivity contribution in [2.45, 2.75) is 0 Å². The average Bonchev–Trinajstić information content (AvgIpc) is 2.92. The smallest absolute Gasteiger partial charge is 0.259 e. The molecule has 5 aromatic carbocycles. The first-order valence-electron chi connectivity index (χ1n) is 11.7. The number of aromatic hydroxyl groups is 2. The molecule has 0 aliphatic heterocycles. The zero-order chi connectivity index (χ0) is 26.8. The van der Waals surface area contributed by atoms with Crippen LogP contribution in [0.25, 0.3) is 21.5 Å². The second-order valence-electron chi connectivity index (χ2n) is 8.59. The maximum Gasteiger partial charge on any atom is 0.259 e. The van der Waals surface area contributed by atoms with E-state index in [1.165, 1.54) is 38.5 Å². The van der Waals surface area contributed by atoms with E-state index in [-0.39, 0.29) is 45.5 Å². The normalized spacial score (nSPS) is 10.8. The van der Waals surface area contributed by atoms with Crippen molar-refractivity contribution in [3.63, 3.8) is 0 Å². The van der Waals surface area contributed by atoms with Gasteiger partial charge in [0.25, 0.3) is 11.8 Å². The molecule has 0 radical (unpaired) electrons.